The Kier molecular flexibility index (Phi) is 5.17. The number of ether oxygens (including phenoxy) is 1. The van der Waals surface area contributed by atoms with Crippen LogP contribution in [0.1, 0.15) is 32.1 Å². The van der Waals surface area contributed by atoms with Crippen molar-refractivity contribution in [2.24, 2.45) is 5.73 Å². The molecule has 2 N–H and O–H groups in total. The Bertz CT molecular complexity index is 487. The molecule has 1 aliphatic carbocycles. The molecule has 0 spiro atoms. The summed E-state index contributed by atoms with van der Waals surface area (Å²) in [7, 11) is 1.75. The molecule has 1 amide bonds. The Morgan fingerprint density at radius 2 is 2.14 bits per heavy atom. The van der Waals surface area contributed by atoms with Crippen molar-refractivity contribution in [3.8, 4) is 5.75 Å². The highest BCUT2D eigenvalue weighted by Crippen LogP contribution is 2.30. The van der Waals surface area contributed by atoms with Gasteiger partial charge in [-0.05, 0) is 25.0 Å². The fraction of sp³-hybridized carbons (Fsp3) is 0.562. The summed E-state index contributed by atoms with van der Waals surface area (Å²) in [5, 5.41) is 0. The first-order chi connectivity index (χ1) is 9.98. The van der Waals surface area contributed by atoms with E-state index in [1.165, 1.54) is 12.1 Å². The lowest BCUT2D eigenvalue weighted by Crippen LogP contribution is -2.43. The van der Waals surface area contributed by atoms with Crippen LogP contribution >= 0.6 is 0 Å². The molecule has 0 heterocycles. The summed E-state index contributed by atoms with van der Waals surface area (Å²) in [5.41, 5.74) is 5.89. The first-order valence-electron chi connectivity index (χ1n) is 7.40. The predicted octanol–water partition coefficient (Wildman–Crippen LogP) is 2.32. The summed E-state index contributed by atoms with van der Waals surface area (Å²) in [6.07, 6.45) is 4.45. The molecule has 1 aromatic rings. The second kappa shape index (κ2) is 6.89. The molecule has 0 atom stereocenters. The van der Waals surface area contributed by atoms with E-state index in [9.17, 15) is 9.18 Å². The summed E-state index contributed by atoms with van der Waals surface area (Å²) in [6, 6.07) is 5.98. The molecular formula is C16H23FN2O2. The molecule has 116 valence electrons. The van der Waals surface area contributed by atoms with Crippen molar-refractivity contribution >= 4 is 5.91 Å². The fourth-order valence-corrected chi connectivity index (χ4v) is 2.67. The standard InChI is InChI=1S/C16H23FN2O2/c1-19(15(20)12-16(18)7-2-3-8-16)9-10-21-14-6-4-5-13(17)11-14/h4-6,11H,2-3,7-10,12,18H2,1H3. The molecule has 1 aromatic carbocycles. The Hall–Kier alpha value is -1.62. The molecule has 2 rings (SSSR count). The minimum atomic E-state index is -0.330. The van der Waals surface area contributed by atoms with Crippen molar-refractivity contribution in [1.82, 2.24) is 4.90 Å². The number of carbonyl (C=O) groups is 1. The molecule has 0 aliphatic heterocycles. The third kappa shape index (κ3) is 4.70. The quantitative estimate of drug-likeness (QED) is 0.876. The van der Waals surface area contributed by atoms with E-state index < -0.39 is 0 Å². The molecular weight excluding hydrogens is 271 g/mol. The lowest BCUT2D eigenvalue weighted by molar-refractivity contribution is -0.131. The van der Waals surface area contributed by atoms with Gasteiger partial charge in [0.15, 0.2) is 0 Å². The van der Waals surface area contributed by atoms with Crippen LogP contribution in [0, 0.1) is 5.82 Å². The van der Waals surface area contributed by atoms with Crippen LogP contribution in [0.25, 0.3) is 0 Å². The second-order valence-electron chi connectivity index (χ2n) is 5.87. The maximum atomic E-state index is 13.0. The van der Waals surface area contributed by atoms with Crippen LogP contribution in [0.5, 0.6) is 5.75 Å². The van der Waals surface area contributed by atoms with Gasteiger partial charge in [0, 0.05) is 25.1 Å². The molecule has 0 unspecified atom stereocenters. The summed E-state index contributed by atoms with van der Waals surface area (Å²) >= 11 is 0. The average Bonchev–Trinajstić information content (AvgIpc) is 2.85. The van der Waals surface area contributed by atoms with E-state index in [4.69, 9.17) is 10.5 Å². The van der Waals surface area contributed by atoms with Crippen molar-refractivity contribution in [2.75, 3.05) is 20.2 Å². The second-order valence-corrected chi connectivity index (χ2v) is 5.87. The molecule has 1 aliphatic rings. The number of hydrogen-bond donors (Lipinski definition) is 1. The van der Waals surface area contributed by atoms with Crippen molar-refractivity contribution < 1.29 is 13.9 Å². The SMILES string of the molecule is CN(CCOc1cccc(F)c1)C(=O)CC1(N)CCCC1. The van der Waals surface area contributed by atoms with E-state index >= 15 is 0 Å². The van der Waals surface area contributed by atoms with Gasteiger partial charge in [-0.25, -0.2) is 4.39 Å². The topological polar surface area (TPSA) is 55.6 Å². The van der Waals surface area contributed by atoms with E-state index in [0.717, 1.165) is 25.7 Å². The zero-order valence-corrected chi connectivity index (χ0v) is 12.5. The number of halogens is 1. The maximum absolute atomic E-state index is 13.0. The van der Waals surface area contributed by atoms with E-state index in [2.05, 4.69) is 0 Å². The molecule has 5 heteroatoms. The summed E-state index contributed by atoms with van der Waals surface area (Å²) in [6.45, 7) is 0.800. The number of nitrogens with two attached hydrogens (primary N) is 1. The molecule has 21 heavy (non-hydrogen) atoms. The van der Waals surface area contributed by atoms with Crippen molar-refractivity contribution in [3.05, 3.63) is 30.1 Å². The van der Waals surface area contributed by atoms with Gasteiger partial charge < -0.3 is 15.4 Å². The number of carbonyl (C=O) groups excluding carboxylic acids is 1. The van der Waals surface area contributed by atoms with Crippen molar-refractivity contribution in [2.45, 2.75) is 37.6 Å². The van der Waals surface area contributed by atoms with Gasteiger partial charge in [-0.15, -0.1) is 0 Å². The minimum Gasteiger partial charge on any atom is -0.492 e. The Morgan fingerprint density at radius 1 is 1.43 bits per heavy atom. The molecule has 4 nitrogen and oxygen atoms in total. The molecule has 0 saturated heterocycles. The number of benzene rings is 1. The first kappa shape index (κ1) is 15.8. The Morgan fingerprint density at radius 3 is 2.81 bits per heavy atom. The third-order valence-corrected chi connectivity index (χ3v) is 4.02. The van der Waals surface area contributed by atoms with Crippen LogP contribution in [-0.4, -0.2) is 36.5 Å². The summed E-state index contributed by atoms with van der Waals surface area (Å²) in [5.74, 6) is 0.187. The van der Waals surface area contributed by atoms with Crippen molar-refractivity contribution in [3.63, 3.8) is 0 Å². The number of amides is 1. The smallest absolute Gasteiger partial charge is 0.224 e. The molecule has 1 fully saturated rings. The minimum absolute atomic E-state index is 0.0437. The third-order valence-electron chi connectivity index (χ3n) is 4.02. The van der Waals surface area contributed by atoms with E-state index in [-0.39, 0.29) is 17.3 Å². The highest BCUT2D eigenvalue weighted by Gasteiger charge is 2.32. The van der Waals surface area contributed by atoms with Gasteiger partial charge in [-0.2, -0.15) is 0 Å². The Labute approximate surface area is 125 Å². The van der Waals surface area contributed by atoms with Gasteiger partial charge in [0.25, 0.3) is 0 Å². The van der Waals surface area contributed by atoms with Crippen LogP contribution < -0.4 is 10.5 Å². The van der Waals surface area contributed by atoms with Gasteiger partial charge in [0.2, 0.25) is 5.91 Å². The monoisotopic (exact) mass is 294 g/mol. The van der Waals surface area contributed by atoms with E-state index in [0.29, 0.717) is 25.3 Å². The van der Waals surface area contributed by atoms with Crippen LogP contribution in [0.4, 0.5) is 4.39 Å². The van der Waals surface area contributed by atoms with Gasteiger partial charge >= 0.3 is 0 Å². The highest BCUT2D eigenvalue weighted by atomic mass is 19.1. The largest absolute Gasteiger partial charge is 0.492 e. The lowest BCUT2D eigenvalue weighted by Gasteiger charge is -2.26. The average molecular weight is 294 g/mol. The maximum Gasteiger partial charge on any atom is 0.224 e. The summed E-state index contributed by atoms with van der Waals surface area (Å²) < 4.78 is 18.4. The van der Waals surface area contributed by atoms with Gasteiger partial charge in [0.05, 0.1) is 6.54 Å². The van der Waals surface area contributed by atoms with Gasteiger partial charge in [-0.3, -0.25) is 4.79 Å². The molecule has 1 saturated carbocycles. The highest BCUT2D eigenvalue weighted by molar-refractivity contribution is 5.77. The first-order valence-corrected chi connectivity index (χ1v) is 7.40. The molecule has 0 radical (unpaired) electrons. The lowest BCUT2D eigenvalue weighted by atomic mass is 9.94. The zero-order valence-electron chi connectivity index (χ0n) is 12.5. The van der Waals surface area contributed by atoms with Crippen molar-refractivity contribution in [1.29, 1.82) is 0 Å². The van der Waals surface area contributed by atoms with Crippen LogP contribution in [0.3, 0.4) is 0 Å². The Balaban J connectivity index is 1.73. The zero-order chi connectivity index (χ0) is 15.3. The number of rotatable bonds is 6. The van der Waals surface area contributed by atoms with E-state index in [1.807, 2.05) is 0 Å². The summed E-state index contributed by atoms with van der Waals surface area (Å²) in [4.78, 5) is 13.8. The number of likely N-dealkylation sites (N-methyl/N-ethyl adjacent to an activating group) is 1. The van der Waals surface area contributed by atoms with E-state index in [1.54, 1.807) is 24.1 Å². The number of hydrogen-bond acceptors (Lipinski definition) is 3. The van der Waals surface area contributed by atoms with Gasteiger partial charge in [0.1, 0.15) is 18.2 Å². The number of nitrogens with zero attached hydrogens (tertiary/aromatic N) is 1. The van der Waals surface area contributed by atoms with Crippen LogP contribution in [-0.2, 0) is 4.79 Å². The van der Waals surface area contributed by atoms with Crippen LogP contribution in [0.2, 0.25) is 0 Å². The fourth-order valence-electron chi connectivity index (χ4n) is 2.67. The predicted molar refractivity (Wildman–Crippen MR) is 79.5 cm³/mol. The van der Waals surface area contributed by atoms with Crippen LogP contribution in [0.15, 0.2) is 24.3 Å². The normalized spacial score (nSPS) is 16.7. The van der Waals surface area contributed by atoms with Gasteiger partial charge in [-0.1, -0.05) is 18.9 Å². The molecule has 0 aromatic heterocycles. The molecule has 0 bridgehead atoms.